The van der Waals surface area contributed by atoms with Gasteiger partial charge in [-0.25, -0.2) is 4.57 Å². The topological polar surface area (TPSA) is 63.2 Å². The van der Waals surface area contributed by atoms with Gasteiger partial charge in [0.1, 0.15) is 0 Å². The lowest BCUT2D eigenvalue weighted by Crippen LogP contribution is -2.08. The minimum Gasteiger partial charge on any atom is -0.379 e. The fourth-order valence-corrected chi connectivity index (χ4v) is 3.58. The lowest BCUT2D eigenvalue weighted by molar-refractivity contribution is -0.133. The molecule has 162 valence electrons. The van der Waals surface area contributed by atoms with Gasteiger partial charge in [0.05, 0.1) is 19.8 Å². The minimum absolute atomic E-state index is 0.112. The van der Waals surface area contributed by atoms with E-state index < -0.39 is 7.82 Å². The number of phosphoric acid groups is 1. The molecule has 1 unspecified atom stereocenters. The van der Waals surface area contributed by atoms with Crippen LogP contribution in [0.5, 0.6) is 5.75 Å². The third kappa shape index (κ3) is 13.3. The number of ether oxygens (including phenoxy) is 1. The van der Waals surface area contributed by atoms with Crippen LogP contribution in [0.4, 0.5) is 0 Å². The first-order chi connectivity index (χ1) is 13.7. The van der Waals surface area contributed by atoms with E-state index in [1.165, 1.54) is 38.5 Å². The first-order valence-electron chi connectivity index (χ1n) is 10.6. The third-order valence-corrected chi connectivity index (χ3v) is 5.40. The van der Waals surface area contributed by atoms with Gasteiger partial charge >= 0.3 is 7.82 Å². The third-order valence-electron chi connectivity index (χ3n) is 4.15. The summed E-state index contributed by atoms with van der Waals surface area (Å²) < 4.78 is 33.7. The van der Waals surface area contributed by atoms with Crippen LogP contribution < -0.4 is 4.89 Å². The van der Waals surface area contributed by atoms with Gasteiger partial charge in [-0.1, -0.05) is 81.2 Å². The molecule has 0 bridgehead atoms. The monoisotopic (exact) mass is 416 g/mol. The summed E-state index contributed by atoms with van der Waals surface area (Å²) in [5, 5.41) is 0. The highest BCUT2D eigenvalue weighted by Crippen LogP contribution is 2.49. The van der Waals surface area contributed by atoms with E-state index in [1.54, 1.807) is 24.3 Å². The van der Waals surface area contributed by atoms with E-state index in [1.807, 2.05) is 13.0 Å². The number of para-hydroxylation sites is 1. The highest BCUT2D eigenvalue weighted by molar-refractivity contribution is 7.48. The Morgan fingerprint density at radius 3 is 2.00 bits per heavy atom. The molecule has 0 aliphatic heterocycles. The van der Waals surface area contributed by atoms with Crippen LogP contribution in [0.1, 0.15) is 71.6 Å². The molecular formula is C21H37O6P. The first-order valence-corrected chi connectivity index (χ1v) is 12.0. The number of hydrogen-bond acceptors (Lipinski definition) is 6. The maximum absolute atomic E-state index is 12.7. The molecule has 0 aromatic heterocycles. The summed E-state index contributed by atoms with van der Waals surface area (Å²) in [6, 6.07) is 8.84. The van der Waals surface area contributed by atoms with Gasteiger partial charge in [0.2, 0.25) is 0 Å². The largest absolute Gasteiger partial charge is 0.511 e. The second-order valence-electron chi connectivity index (χ2n) is 6.61. The SMILES string of the molecule is CCCCCCCCCCCOP(=O)(OCCOCC)OOc1ccccc1. The Kier molecular flexibility index (Phi) is 15.2. The normalized spacial score (nSPS) is 13.4. The summed E-state index contributed by atoms with van der Waals surface area (Å²) in [7, 11) is -3.80. The van der Waals surface area contributed by atoms with E-state index in [4.69, 9.17) is 23.3 Å². The maximum Gasteiger partial charge on any atom is 0.511 e. The molecule has 0 N–H and O–H groups in total. The summed E-state index contributed by atoms with van der Waals surface area (Å²) in [5.74, 6) is 0.433. The predicted molar refractivity (Wildman–Crippen MR) is 111 cm³/mol. The van der Waals surface area contributed by atoms with Gasteiger partial charge in [0.25, 0.3) is 0 Å². The van der Waals surface area contributed by atoms with Crippen LogP contribution in [0, 0.1) is 0 Å². The van der Waals surface area contributed by atoms with Crippen molar-refractivity contribution in [1.82, 2.24) is 0 Å². The van der Waals surface area contributed by atoms with Crippen LogP contribution in [-0.4, -0.2) is 26.4 Å². The Labute approximate surface area is 170 Å². The summed E-state index contributed by atoms with van der Waals surface area (Å²) in [6.07, 6.45) is 10.8. The molecule has 6 nitrogen and oxygen atoms in total. The van der Waals surface area contributed by atoms with E-state index in [0.29, 0.717) is 25.6 Å². The van der Waals surface area contributed by atoms with Crippen LogP contribution in [-0.2, 0) is 23.0 Å². The molecule has 7 heteroatoms. The molecule has 28 heavy (non-hydrogen) atoms. The summed E-state index contributed by atoms with van der Waals surface area (Å²) in [4.78, 5) is 5.12. The van der Waals surface area contributed by atoms with Crippen LogP contribution in [0.2, 0.25) is 0 Å². The fraction of sp³-hybridized carbons (Fsp3) is 0.714. The smallest absolute Gasteiger partial charge is 0.379 e. The Hall–Kier alpha value is -0.910. The van der Waals surface area contributed by atoms with Crippen molar-refractivity contribution in [1.29, 1.82) is 0 Å². The number of phosphoric ester groups is 1. The quantitative estimate of drug-likeness (QED) is 0.108. The molecule has 0 amide bonds. The van der Waals surface area contributed by atoms with Crippen molar-refractivity contribution in [2.75, 3.05) is 26.4 Å². The fourth-order valence-electron chi connectivity index (χ4n) is 2.59. The van der Waals surface area contributed by atoms with Gasteiger partial charge < -0.3 is 9.62 Å². The second-order valence-corrected chi connectivity index (χ2v) is 8.17. The number of benzene rings is 1. The average Bonchev–Trinajstić information content (AvgIpc) is 2.72. The molecule has 1 rings (SSSR count). The summed E-state index contributed by atoms with van der Waals surface area (Å²) >= 11 is 0. The zero-order chi connectivity index (χ0) is 20.3. The van der Waals surface area contributed by atoms with Crippen molar-refractivity contribution in [3.05, 3.63) is 30.3 Å². The Morgan fingerprint density at radius 1 is 0.750 bits per heavy atom. The van der Waals surface area contributed by atoms with Gasteiger partial charge in [-0.15, -0.1) is 0 Å². The minimum atomic E-state index is -3.80. The first kappa shape index (κ1) is 25.1. The lowest BCUT2D eigenvalue weighted by Gasteiger charge is -2.17. The zero-order valence-electron chi connectivity index (χ0n) is 17.5. The Morgan fingerprint density at radius 2 is 1.36 bits per heavy atom. The highest BCUT2D eigenvalue weighted by atomic mass is 31.2. The molecule has 0 heterocycles. The van der Waals surface area contributed by atoms with Crippen molar-refractivity contribution in [3.8, 4) is 5.75 Å². The molecule has 0 spiro atoms. The molecule has 1 aromatic carbocycles. The molecule has 0 fully saturated rings. The molecule has 1 atom stereocenters. The highest BCUT2D eigenvalue weighted by Gasteiger charge is 2.29. The Balaban J connectivity index is 2.25. The number of unbranched alkanes of at least 4 members (excludes halogenated alkanes) is 8. The van der Waals surface area contributed by atoms with Crippen LogP contribution >= 0.6 is 7.82 Å². The summed E-state index contributed by atoms with van der Waals surface area (Å²) in [5.41, 5.74) is 0. The van der Waals surface area contributed by atoms with Crippen molar-refractivity contribution < 1.29 is 27.9 Å². The second kappa shape index (κ2) is 17.0. The van der Waals surface area contributed by atoms with Gasteiger partial charge in [0.15, 0.2) is 5.75 Å². The lowest BCUT2D eigenvalue weighted by atomic mass is 10.1. The molecule has 0 saturated heterocycles. The van der Waals surface area contributed by atoms with Crippen LogP contribution in [0.15, 0.2) is 30.3 Å². The molecule has 1 aromatic rings. The van der Waals surface area contributed by atoms with E-state index in [-0.39, 0.29) is 6.61 Å². The van der Waals surface area contributed by atoms with Crippen molar-refractivity contribution >= 4 is 7.82 Å². The zero-order valence-corrected chi connectivity index (χ0v) is 18.4. The van der Waals surface area contributed by atoms with Gasteiger partial charge in [-0.05, 0) is 25.5 Å². The van der Waals surface area contributed by atoms with E-state index >= 15 is 0 Å². The molecule has 0 aliphatic rings. The number of rotatable bonds is 19. The standard InChI is InChI=1S/C21H37O6P/c1-3-5-6-7-8-9-10-11-15-18-24-28(22,25-20-19-23-4-2)27-26-21-16-13-12-14-17-21/h12-14,16-17H,3-11,15,18-20H2,1-2H3. The van der Waals surface area contributed by atoms with Crippen molar-refractivity contribution in [3.63, 3.8) is 0 Å². The van der Waals surface area contributed by atoms with Gasteiger partial charge in [-0.3, -0.25) is 9.05 Å². The molecule has 0 saturated carbocycles. The number of hydrogen-bond donors (Lipinski definition) is 0. The van der Waals surface area contributed by atoms with Crippen LogP contribution in [0.25, 0.3) is 0 Å². The van der Waals surface area contributed by atoms with Gasteiger partial charge in [-0.2, -0.15) is 0 Å². The van der Waals surface area contributed by atoms with E-state index in [2.05, 4.69) is 6.92 Å². The molecular weight excluding hydrogens is 379 g/mol. The molecule has 0 radical (unpaired) electrons. The Bertz CT molecular complexity index is 511. The average molecular weight is 416 g/mol. The predicted octanol–water partition coefficient (Wildman–Crippen LogP) is 6.71. The van der Waals surface area contributed by atoms with E-state index in [9.17, 15) is 4.57 Å². The maximum atomic E-state index is 12.7. The van der Waals surface area contributed by atoms with Crippen LogP contribution in [0.3, 0.4) is 0 Å². The van der Waals surface area contributed by atoms with Gasteiger partial charge in [0, 0.05) is 6.61 Å². The summed E-state index contributed by atoms with van der Waals surface area (Å²) in [6.45, 7) is 5.41. The van der Waals surface area contributed by atoms with Crippen molar-refractivity contribution in [2.24, 2.45) is 0 Å². The van der Waals surface area contributed by atoms with E-state index in [0.717, 1.165) is 19.3 Å². The van der Waals surface area contributed by atoms with Crippen molar-refractivity contribution in [2.45, 2.75) is 71.6 Å². The molecule has 0 aliphatic carbocycles.